The topological polar surface area (TPSA) is 68.5 Å². The molecule has 2 atom stereocenters. The fourth-order valence-corrected chi connectivity index (χ4v) is 3.59. The molecule has 4 rings (SSSR count). The Morgan fingerprint density at radius 2 is 2.04 bits per heavy atom. The molecule has 1 fully saturated rings. The minimum Gasteiger partial charge on any atom is -0.480 e. The number of hydrogen-bond acceptors (Lipinski definition) is 5. The van der Waals surface area contributed by atoms with Gasteiger partial charge >= 0.3 is 0 Å². The number of amides is 1. The van der Waals surface area contributed by atoms with Crippen molar-refractivity contribution in [3.8, 4) is 5.75 Å². The van der Waals surface area contributed by atoms with Crippen LogP contribution in [-0.4, -0.2) is 33.6 Å². The minimum atomic E-state index is -0.449. The molecule has 0 unspecified atom stereocenters. The van der Waals surface area contributed by atoms with Gasteiger partial charge < -0.3 is 14.2 Å². The molecule has 2 aliphatic heterocycles. The van der Waals surface area contributed by atoms with Crippen LogP contribution in [0.3, 0.4) is 0 Å². The van der Waals surface area contributed by atoms with E-state index in [4.69, 9.17) is 9.26 Å². The Labute approximate surface area is 140 Å². The van der Waals surface area contributed by atoms with Crippen molar-refractivity contribution in [1.29, 1.82) is 0 Å². The lowest BCUT2D eigenvalue weighted by Crippen LogP contribution is -2.41. The van der Waals surface area contributed by atoms with Gasteiger partial charge in [-0.25, -0.2) is 0 Å². The summed E-state index contributed by atoms with van der Waals surface area (Å²) < 4.78 is 11.0. The number of benzene rings is 1. The van der Waals surface area contributed by atoms with Crippen LogP contribution in [0.25, 0.3) is 0 Å². The third-order valence-electron chi connectivity index (χ3n) is 5.00. The third kappa shape index (κ3) is 2.46. The van der Waals surface area contributed by atoms with Gasteiger partial charge in [0, 0.05) is 19.9 Å². The first-order valence-electron chi connectivity index (χ1n) is 8.40. The highest BCUT2D eigenvalue weighted by molar-refractivity contribution is 5.83. The molecule has 0 bridgehead atoms. The van der Waals surface area contributed by atoms with Gasteiger partial charge in [0.05, 0.1) is 6.04 Å². The Balaban J connectivity index is 1.54. The predicted molar refractivity (Wildman–Crippen MR) is 86.8 cm³/mol. The van der Waals surface area contributed by atoms with Gasteiger partial charge in [0.1, 0.15) is 5.75 Å². The number of ether oxygens (including phenoxy) is 1. The Hall–Kier alpha value is -2.37. The summed E-state index contributed by atoms with van der Waals surface area (Å²) in [6, 6.07) is 4.05. The van der Waals surface area contributed by atoms with E-state index in [1.54, 1.807) is 6.92 Å². The molecule has 3 heterocycles. The quantitative estimate of drug-likeness (QED) is 0.848. The van der Waals surface area contributed by atoms with Gasteiger partial charge in [0.25, 0.3) is 5.91 Å². The number of rotatable bonds is 2. The molecule has 0 radical (unpaired) electrons. The van der Waals surface area contributed by atoms with Crippen molar-refractivity contribution in [3.63, 3.8) is 0 Å². The van der Waals surface area contributed by atoms with Gasteiger partial charge in [0.15, 0.2) is 11.9 Å². The first kappa shape index (κ1) is 15.2. The molecule has 0 aliphatic carbocycles. The molecule has 1 saturated heterocycles. The summed E-state index contributed by atoms with van der Waals surface area (Å²) in [7, 11) is 0. The van der Waals surface area contributed by atoms with E-state index >= 15 is 0 Å². The summed E-state index contributed by atoms with van der Waals surface area (Å²) in [5.74, 6) is 1.98. The van der Waals surface area contributed by atoms with Crippen molar-refractivity contribution in [2.75, 3.05) is 6.54 Å². The van der Waals surface area contributed by atoms with Crippen molar-refractivity contribution in [1.82, 2.24) is 15.0 Å². The van der Waals surface area contributed by atoms with Crippen molar-refractivity contribution >= 4 is 5.91 Å². The molecule has 126 valence electrons. The molecular formula is C18H21N3O3. The number of fused-ring (bicyclic) bond motifs is 1. The zero-order valence-electron chi connectivity index (χ0n) is 14.2. The van der Waals surface area contributed by atoms with E-state index in [9.17, 15) is 4.79 Å². The summed E-state index contributed by atoms with van der Waals surface area (Å²) >= 11 is 0. The zero-order valence-corrected chi connectivity index (χ0v) is 14.2. The molecule has 6 heteroatoms. The van der Waals surface area contributed by atoms with Gasteiger partial charge in [-0.05, 0) is 49.4 Å². The van der Waals surface area contributed by atoms with E-state index in [2.05, 4.69) is 30.1 Å². The first-order valence-corrected chi connectivity index (χ1v) is 8.40. The Morgan fingerprint density at radius 1 is 1.25 bits per heavy atom. The first-order chi connectivity index (χ1) is 11.5. The van der Waals surface area contributed by atoms with Gasteiger partial charge in [-0.3, -0.25) is 4.79 Å². The highest BCUT2D eigenvalue weighted by Gasteiger charge is 2.39. The summed E-state index contributed by atoms with van der Waals surface area (Å²) in [4.78, 5) is 19.1. The largest absolute Gasteiger partial charge is 0.480 e. The van der Waals surface area contributed by atoms with E-state index < -0.39 is 6.10 Å². The van der Waals surface area contributed by atoms with Crippen molar-refractivity contribution in [3.05, 3.63) is 40.5 Å². The Morgan fingerprint density at radius 3 is 2.79 bits per heavy atom. The van der Waals surface area contributed by atoms with E-state index in [1.807, 2.05) is 11.0 Å². The van der Waals surface area contributed by atoms with Crippen LogP contribution in [0.2, 0.25) is 0 Å². The molecule has 2 aromatic rings. The minimum absolute atomic E-state index is 0.0199. The third-order valence-corrected chi connectivity index (χ3v) is 5.00. The maximum atomic E-state index is 13.0. The molecule has 6 nitrogen and oxygen atoms in total. The van der Waals surface area contributed by atoms with Crippen LogP contribution in [0.4, 0.5) is 0 Å². The van der Waals surface area contributed by atoms with Crippen LogP contribution in [0, 0.1) is 20.8 Å². The van der Waals surface area contributed by atoms with Crippen molar-refractivity contribution in [2.24, 2.45) is 0 Å². The Bertz CT molecular complexity index is 768. The molecule has 1 amide bonds. The number of likely N-dealkylation sites (tertiary alicyclic amines) is 1. The lowest BCUT2D eigenvalue weighted by atomic mass is 10.0. The second-order valence-corrected chi connectivity index (χ2v) is 6.72. The molecule has 2 aliphatic rings. The molecule has 0 spiro atoms. The highest BCUT2D eigenvalue weighted by atomic mass is 16.5. The van der Waals surface area contributed by atoms with Crippen LogP contribution in [0.5, 0.6) is 5.75 Å². The number of carbonyl (C=O) groups excluding carboxylic acids is 1. The molecule has 0 saturated carbocycles. The molecule has 0 N–H and O–H groups in total. The summed E-state index contributed by atoms with van der Waals surface area (Å²) in [5.41, 5.74) is 3.53. The zero-order chi connectivity index (χ0) is 16.8. The maximum Gasteiger partial charge on any atom is 0.264 e. The molecular weight excluding hydrogens is 306 g/mol. The monoisotopic (exact) mass is 327 g/mol. The highest BCUT2D eigenvalue weighted by Crippen LogP contribution is 2.35. The smallest absolute Gasteiger partial charge is 0.264 e. The van der Waals surface area contributed by atoms with Gasteiger partial charge in [-0.2, -0.15) is 4.98 Å². The SMILES string of the molecule is Cc1nc([C@@H]2CCCN2C(=O)[C@@H]2Cc3cc(C)c(C)cc3O2)no1. The van der Waals surface area contributed by atoms with E-state index in [0.717, 1.165) is 24.2 Å². The van der Waals surface area contributed by atoms with Crippen LogP contribution < -0.4 is 4.74 Å². The standard InChI is InChI=1S/C18H21N3O3/c1-10-7-13-9-16(23-15(13)8-11(10)2)18(22)21-6-4-5-14(21)17-19-12(3)24-20-17/h7-8,14,16H,4-6,9H2,1-3H3/t14-,16-/m0/s1. The fraction of sp³-hybridized carbons (Fsp3) is 0.500. The van der Waals surface area contributed by atoms with Gasteiger partial charge in [-0.15, -0.1) is 0 Å². The van der Waals surface area contributed by atoms with E-state index in [1.165, 1.54) is 11.1 Å². The Kier molecular flexibility index (Phi) is 3.55. The van der Waals surface area contributed by atoms with Crippen molar-refractivity contribution in [2.45, 2.75) is 52.2 Å². The summed E-state index contributed by atoms with van der Waals surface area (Å²) in [6.07, 6.45) is 1.99. The summed E-state index contributed by atoms with van der Waals surface area (Å²) in [5, 5.41) is 4.00. The second kappa shape index (κ2) is 5.61. The predicted octanol–water partition coefficient (Wildman–Crippen LogP) is 2.66. The fourth-order valence-electron chi connectivity index (χ4n) is 3.59. The molecule has 1 aromatic heterocycles. The lowest BCUT2D eigenvalue weighted by molar-refractivity contribution is -0.139. The van der Waals surface area contributed by atoms with Gasteiger partial charge in [-0.1, -0.05) is 11.2 Å². The number of nitrogens with zero attached hydrogens (tertiary/aromatic N) is 3. The number of hydrogen-bond donors (Lipinski definition) is 0. The van der Waals surface area contributed by atoms with Crippen LogP contribution in [0.1, 0.15) is 47.3 Å². The van der Waals surface area contributed by atoms with Crippen LogP contribution in [-0.2, 0) is 11.2 Å². The van der Waals surface area contributed by atoms with E-state index in [-0.39, 0.29) is 11.9 Å². The molecule has 1 aromatic carbocycles. The average Bonchev–Trinajstić information content (AvgIpc) is 3.25. The average molecular weight is 327 g/mol. The maximum absolute atomic E-state index is 13.0. The second-order valence-electron chi connectivity index (χ2n) is 6.72. The number of carbonyl (C=O) groups is 1. The van der Waals surface area contributed by atoms with Gasteiger partial charge in [0.2, 0.25) is 5.89 Å². The lowest BCUT2D eigenvalue weighted by Gasteiger charge is -2.25. The van der Waals surface area contributed by atoms with Crippen molar-refractivity contribution < 1.29 is 14.1 Å². The molecule has 24 heavy (non-hydrogen) atoms. The van der Waals surface area contributed by atoms with Crippen LogP contribution in [0.15, 0.2) is 16.7 Å². The van der Waals surface area contributed by atoms with Crippen LogP contribution >= 0.6 is 0 Å². The summed E-state index contributed by atoms with van der Waals surface area (Å²) in [6.45, 7) is 6.62. The normalized spacial score (nSPS) is 22.5. The number of aromatic nitrogens is 2. The number of aryl methyl sites for hydroxylation is 3. The van der Waals surface area contributed by atoms with E-state index in [0.29, 0.717) is 24.7 Å².